The molecule has 2 aromatic carbocycles. The maximum atomic E-state index is 12.4. The first-order valence-corrected chi connectivity index (χ1v) is 5.94. The van der Waals surface area contributed by atoms with Crippen LogP contribution in [0.1, 0.15) is 5.56 Å². The van der Waals surface area contributed by atoms with Gasteiger partial charge in [0, 0.05) is 12.5 Å². The Balaban J connectivity index is 2.22. The van der Waals surface area contributed by atoms with Crippen molar-refractivity contribution in [3.63, 3.8) is 0 Å². The third-order valence-electron chi connectivity index (χ3n) is 3.39. The number of hydrogen-bond acceptors (Lipinski definition) is 3. The van der Waals surface area contributed by atoms with E-state index in [2.05, 4.69) is 0 Å². The van der Waals surface area contributed by atoms with E-state index in [1.165, 1.54) is 0 Å². The fraction of sp³-hybridized carbons (Fsp3) is 0.133. The zero-order valence-electron chi connectivity index (χ0n) is 9.60. The predicted molar refractivity (Wildman–Crippen MR) is 69.2 cm³/mol. The van der Waals surface area contributed by atoms with Crippen LogP contribution in [0.3, 0.4) is 0 Å². The standard InChI is InChI=1S/C15H10O3/c16-15-10-3-1-2-4-12(10)18-14-8-13-9(5-6-17-13)7-11(14)15/h1-4,7-8H,5-6H2. The second-order valence-corrected chi connectivity index (χ2v) is 4.48. The first kappa shape index (κ1) is 9.71. The van der Waals surface area contributed by atoms with E-state index in [-0.39, 0.29) is 5.43 Å². The summed E-state index contributed by atoms with van der Waals surface area (Å²) in [6.07, 6.45) is 0.859. The van der Waals surface area contributed by atoms with Crippen molar-refractivity contribution in [2.24, 2.45) is 0 Å². The highest BCUT2D eigenvalue weighted by Gasteiger charge is 2.16. The van der Waals surface area contributed by atoms with E-state index in [1.807, 2.05) is 30.3 Å². The third kappa shape index (κ3) is 1.21. The number of fused-ring (bicyclic) bond motifs is 3. The third-order valence-corrected chi connectivity index (χ3v) is 3.39. The van der Waals surface area contributed by atoms with E-state index in [0.29, 0.717) is 28.5 Å². The van der Waals surface area contributed by atoms with Crippen molar-refractivity contribution in [1.82, 2.24) is 0 Å². The Morgan fingerprint density at radius 1 is 1.00 bits per heavy atom. The van der Waals surface area contributed by atoms with E-state index < -0.39 is 0 Å². The van der Waals surface area contributed by atoms with E-state index in [4.69, 9.17) is 9.15 Å². The molecule has 0 radical (unpaired) electrons. The normalized spacial score (nSPS) is 13.8. The van der Waals surface area contributed by atoms with Gasteiger partial charge in [-0.05, 0) is 23.8 Å². The van der Waals surface area contributed by atoms with Crippen LogP contribution in [0.5, 0.6) is 5.75 Å². The van der Waals surface area contributed by atoms with Gasteiger partial charge in [0.05, 0.1) is 17.4 Å². The van der Waals surface area contributed by atoms with Gasteiger partial charge in [0.1, 0.15) is 16.9 Å². The van der Waals surface area contributed by atoms with Crippen molar-refractivity contribution in [2.75, 3.05) is 6.61 Å². The van der Waals surface area contributed by atoms with E-state index in [1.54, 1.807) is 6.07 Å². The average molecular weight is 238 g/mol. The number of para-hydroxylation sites is 1. The van der Waals surface area contributed by atoms with Gasteiger partial charge in [-0.25, -0.2) is 0 Å². The molecule has 1 aliphatic heterocycles. The number of rotatable bonds is 0. The van der Waals surface area contributed by atoms with Crippen LogP contribution in [-0.2, 0) is 6.42 Å². The summed E-state index contributed by atoms with van der Waals surface area (Å²) in [4.78, 5) is 12.4. The Morgan fingerprint density at radius 2 is 1.89 bits per heavy atom. The topological polar surface area (TPSA) is 39.4 Å². The Bertz CT molecular complexity index is 830. The molecule has 0 unspecified atom stereocenters. The quantitative estimate of drug-likeness (QED) is 0.565. The summed E-state index contributed by atoms with van der Waals surface area (Å²) in [7, 11) is 0. The van der Waals surface area contributed by atoms with Crippen LogP contribution in [0.25, 0.3) is 21.9 Å². The molecule has 0 spiro atoms. The minimum atomic E-state index is 0.0292. The average Bonchev–Trinajstić information content (AvgIpc) is 2.84. The molecule has 1 aromatic heterocycles. The van der Waals surface area contributed by atoms with Crippen LogP contribution in [0.15, 0.2) is 45.6 Å². The molecule has 0 fully saturated rings. The second kappa shape index (κ2) is 3.35. The molecule has 0 atom stereocenters. The maximum absolute atomic E-state index is 12.4. The smallest absolute Gasteiger partial charge is 0.200 e. The van der Waals surface area contributed by atoms with E-state index in [0.717, 1.165) is 17.7 Å². The molecule has 0 amide bonds. The highest BCUT2D eigenvalue weighted by molar-refractivity contribution is 5.90. The van der Waals surface area contributed by atoms with Crippen molar-refractivity contribution in [3.8, 4) is 5.75 Å². The summed E-state index contributed by atoms with van der Waals surface area (Å²) in [5.74, 6) is 0.834. The Morgan fingerprint density at radius 3 is 2.83 bits per heavy atom. The van der Waals surface area contributed by atoms with Gasteiger partial charge in [0.25, 0.3) is 0 Å². The lowest BCUT2D eigenvalue weighted by atomic mass is 10.1. The lowest BCUT2D eigenvalue weighted by Crippen LogP contribution is -2.02. The number of ether oxygens (including phenoxy) is 1. The van der Waals surface area contributed by atoms with Crippen LogP contribution in [0.4, 0.5) is 0 Å². The summed E-state index contributed by atoms with van der Waals surface area (Å²) >= 11 is 0. The molecule has 0 aliphatic carbocycles. The second-order valence-electron chi connectivity index (χ2n) is 4.48. The molecule has 3 aromatic rings. The number of hydrogen-bond donors (Lipinski definition) is 0. The molecule has 0 saturated heterocycles. The molecule has 3 heteroatoms. The van der Waals surface area contributed by atoms with Gasteiger partial charge in [-0.15, -0.1) is 0 Å². The van der Waals surface area contributed by atoms with Crippen LogP contribution >= 0.6 is 0 Å². The molecule has 0 bridgehead atoms. The molecular formula is C15H10O3. The lowest BCUT2D eigenvalue weighted by Gasteiger charge is -2.03. The van der Waals surface area contributed by atoms with Crippen LogP contribution < -0.4 is 10.2 Å². The van der Waals surface area contributed by atoms with Crippen molar-refractivity contribution < 1.29 is 9.15 Å². The first-order chi connectivity index (χ1) is 8.83. The fourth-order valence-electron chi connectivity index (χ4n) is 2.48. The molecule has 2 heterocycles. The predicted octanol–water partition coefficient (Wildman–Crippen LogP) is 2.88. The maximum Gasteiger partial charge on any atom is 0.200 e. The molecule has 18 heavy (non-hydrogen) atoms. The van der Waals surface area contributed by atoms with Gasteiger partial charge in [0.15, 0.2) is 0 Å². The molecular weight excluding hydrogens is 228 g/mol. The van der Waals surface area contributed by atoms with Crippen molar-refractivity contribution in [1.29, 1.82) is 0 Å². The van der Waals surface area contributed by atoms with Crippen molar-refractivity contribution in [3.05, 3.63) is 52.2 Å². The van der Waals surface area contributed by atoms with Crippen LogP contribution in [-0.4, -0.2) is 6.61 Å². The molecule has 0 N–H and O–H groups in total. The fourth-order valence-corrected chi connectivity index (χ4v) is 2.48. The molecule has 88 valence electrons. The molecule has 0 saturated carbocycles. The van der Waals surface area contributed by atoms with Gasteiger partial charge in [-0.1, -0.05) is 12.1 Å². The largest absolute Gasteiger partial charge is 0.493 e. The Kier molecular flexibility index (Phi) is 1.81. The SMILES string of the molecule is O=c1c2ccccc2oc2cc3c(cc12)CCO3. The summed E-state index contributed by atoms with van der Waals surface area (Å²) in [5, 5.41) is 1.27. The van der Waals surface area contributed by atoms with E-state index >= 15 is 0 Å². The van der Waals surface area contributed by atoms with Gasteiger partial charge < -0.3 is 9.15 Å². The molecule has 4 rings (SSSR count). The van der Waals surface area contributed by atoms with Gasteiger partial charge in [-0.3, -0.25) is 4.79 Å². The van der Waals surface area contributed by atoms with Gasteiger partial charge in [0.2, 0.25) is 5.43 Å². The van der Waals surface area contributed by atoms with Crippen molar-refractivity contribution in [2.45, 2.75) is 6.42 Å². The number of benzene rings is 2. The summed E-state index contributed by atoms with van der Waals surface area (Å²) in [6.45, 7) is 0.680. The Labute approximate surface area is 103 Å². The monoisotopic (exact) mass is 238 g/mol. The lowest BCUT2D eigenvalue weighted by molar-refractivity contribution is 0.356. The molecule has 3 nitrogen and oxygen atoms in total. The molecule has 1 aliphatic rings. The first-order valence-electron chi connectivity index (χ1n) is 5.94. The highest BCUT2D eigenvalue weighted by atomic mass is 16.5. The van der Waals surface area contributed by atoms with Crippen LogP contribution in [0.2, 0.25) is 0 Å². The summed E-state index contributed by atoms with van der Waals surface area (Å²) in [5.41, 5.74) is 2.33. The zero-order chi connectivity index (χ0) is 12.1. The van der Waals surface area contributed by atoms with Crippen molar-refractivity contribution >= 4 is 21.9 Å². The highest BCUT2D eigenvalue weighted by Crippen LogP contribution is 2.30. The van der Waals surface area contributed by atoms with Gasteiger partial charge in [-0.2, -0.15) is 0 Å². The summed E-state index contributed by atoms with van der Waals surface area (Å²) in [6, 6.07) is 11.0. The minimum Gasteiger partial charge on any atom is -0.493 e. The van der Waals surface area contributed by atoms with Crippen LogP contribution in [0, 0.1) is 0 Å². The van der Waals surface area contributed by atoms with Gasteiger partial charge >= 0.3 is 0 Å². The minimum absolute atomic E-state index is 0.0292. The van der Waals surface area contributed by atoms with E-state index in [9.17, 15) is 4.79 Å². The Hall–Kier alpha value is -2.29. The summed E-state index contributed by atoms with van der Waals surface area (Å²) < 4.78 is 11.3. The zero-order valence-corrected chi connectivity index (χ0v) is 9.60.